The first-order valence-corrected chi connectivity index (χ1v) is 8.97. The summed E-state index contributed by atoms with van der Waals surface area (Å²) in [5, 5.41) is 0. The second-order valence-corrected chi connectivity index (χ2v) is 6.39. The Bertz CT molecular complexity index is 835. The van der Waals surface area contributed by atoms with Crippen molar-refractivity contribution in [1.82, 2.24) is 0 Å². The molecule has 0 aliphatic heterocycles. The molecule has 0 aliphatic carbocycles. The lowest BCUT2D eigenvalue weighted by Gasteiger charge is -2.07. The summed E-state index contributed by atoms with van der Waals surface area (Å²) in [5.41, 5.74) is 6.92. The Hall–Kier alpha value is -2.85. The van der Waals surface area contributed by atoms with Gasteiger partial charge in [0.05, 0.1) is 6.57 Å². The lowest BCUT2D eigenvalue weighted by molar-refractivity contribution is 0.717. The third kappa shape index (κ3) is 4.37. The maximum absolute atomic E-state index is 7.03. The molecule has 3 aromatic rings. The first-order valence-electron chi connectivity index (χ1n) is 8.97. The molecule has 0 amide bonds. The minimum atomic E-state index is 0.680. The SMILES string of the molecule is [C-]#[N+]c1ccc(-c2ccc(-c3ccc(CCCCC)cc3)cc2)cc1. The van der Waals surface area contributed by atoms with Crippen molar-refractivity contribution in [3.05, 3.63) is 89.8 Å². The van der Waals surface area contributed by atoms with Crippen LogP contribution < -0.4 is 0 Å². The van der Waals surface area contributed by atoms with Crippen molar-refractivity contribution in [3.63, 3.8) is 0 Å². The summed E-state index contributed by atoms with van der Waals surface area (Å²) in [7, 11) is 0. The molecule has 0 atom stereocenters. The van der Waals surface area contributed by atoms with Gasteiger partial charge in [-0.15, -0.1) is 0 Å². The average molecular weight is 325 g/mol. The van der Waals surface area contributed by atoms with E-state index >= 15 is 0 Å². The number of benzene rings is 3. The van der Waals surface area contributed by atoms with Gasteiger partial charge >= 0.3 is 0 Å². The Morgan fingerprint density at radius 2 is 1.08 bits per heavy atom. The quantitative estimate of drug-likeness (QED) is 0.331. The van der Waals surface area contributed by atoms with E-state index in [0.717, 1.165) is 5.56 Å². The maximum atomic E-state index is 7.03. The zero-order valence-electron chi connectivity index (χ0n) is 14.7. The van der Waals surface area contributed by atoms with E-state index in [1.54, 1.807) is 0 Å². The fourth-order valence-corrected chi connectivity index (χ4v) is 3.03. The molecule has 3 rings (SSSR count). The molecular weight excluding hydrogens is 302 g/mol. The second-order valence-electron chi connectivity index (χ2n) is 6.39. The molecule has 25 heavy (non-hydrogen) atoms. The van der Waals surface area contributed by atoms with Crippen LogP contribution in [0.3, 0.4) is 0 Å². The fraction of sp³-hybridized carbons (Fsp3) is 0.208. The maximum Gasteiger partial charge on any atom is 0.187 e. The number of rotatable bonds is 6. The van der Waals surface area contributed by atoms with Crippen molar-refractivity contribution in [3.8, 4) is 22.3 Å². The summed E-state index contributed by atoms with van der Waals surface area (Å²) < 4.78 is 0. The van der Waals surface area contributed by atoms with Crippen molar-refractivity contribution >= 4 is 5.69 Å². The van der Waals surface area contributed by atoms with Crippen LogP contribution in [0.4, 0.5) is 5.69 Å². The van der Waals surface area contributed by atoms with Crippen LogP contribution in [0.5, 0.6) is 0 Å². The molecule has 1 heteroatoms. The van der Waals surface area contributed by atoms with Gasteiger partial charge in [0.15, 0.2) is 5.69 Å². The van der Waals surface area contributed by atoms with E-state index in [1.165, 1.54) is 47.9 Å². The van der Waals surface area contributed by atoms with Crippen molar-refractivity contribution in [1.29, 1.82) is 0 Å². The van der Waals surface area contributed by atoms with Gasteiger partial charge in [0, 0.05) is 0 Å². The number of unbranched alkanes of at least 4 members (excludes halogenated alkanes) is 2. The minimum Gasteiger partial charge on any atom is -0.238 e. The zero-order valence-corrected chi connectivity index (χ0v) is 14.7. The highest BCUT2D eigenvalue weighted by Crippen LogP contribution is 2.26. The molecule has 0 unspecified atom stereocenters. The van der Waals surface area contributed by atoms with E-state index in [2.05, 4.69) is 60.3 Å². The van der Waals surface area contributed by atoms with Gasteiger partial charge in [-0.05, 0) is 40.7 Å². The molecule has 0 radical (unpaired) electrons. The third-order valence-electron chi connectivity index (χ3n) is 4.57. The van der Waals surface area contributed by atoms with Crippen LogP contribution in [0.1, 0.15) is 31.7 Å². The largest absolute Gasteiger partial charge is 0.238 e. The molecule has 124 valence electrons. The van der Waals surface area contributed by atoms with E-state index in [1.807, 2.05) is 24.3 Å². The van der Waals surface area contributed by atoms with Crippen LogP contribution in [0.15, 0.2) is 72.8 Å². The Morgan fingerprint density at radius 3 is 1.52 bits per heavy atom. The van der Waals surface area contributed by atoms with Crippen LogP contribution in [0.2, 0.25) is 0 Å². The van der Waals surface area contributed by atoms with E-state index in [-0.39, 0.29) is 0 Å². The summed E-state index contributed by atoms with van der Waals surface area (Å²) in [6.07, 6.45) is 5.02. The molecule has 0 saturated heterocycles. The second kappa shape index (κ2) is 8.31. The Morgan fingerprint density at radius 1 is 0.640 bits per heavy atom. The Labute approximate surface area is 150 Å². The highest BCUT2D eigenvalue weighted by Gasteiger charge is 2.01. The molecular formula is C24H23N. The molecule has 0 spiro atoms. The summed E-state index contributed by atoms with van der Waals surface area (Å²) in [5.74, 6) is 0. The first kappa shape index (κ1) is 17.0. The molecule has 3 aromatic carbocycles. The van der Waals surface area contributed by atoms with Crippen molar-refractivity contribution in [2.75, 3.05) is 0 Å². The number of hydrogen-bond donors (Lipinski definition) is 0. The molecule has 0 fully saturated rings. The third-order valence-corrected chi connectivity index (χ3v) is 4.57. The number of nitrogens with zero attached hydrogens (tertiary/aromatic N) is 1. The summed E-state index contributed by atoms with van der Waals surface area (Å²) >= 11 is 0. The van der Waals surface area contributed by atoms with Crippen LogP contribution in [0.25, 0.3) is 27.1 Å². The minimum absolute atomic E-state index is 0.680. The fourth-order valence-electron chi connectivity index (χ4n) is 3.03. The smallest absolute Gasteiger partial charge is 0.187 e. The van der Waals surface area contributed by atoms with E-state index in [9.17, 15) is 0 Å². The number of aryl methyl sites for hydroxylation is 1. The Kier molecular flexibility index (Phi) is 5.65. The van der Waals surface area contributed by atoms with E-state index < -0.39 is 0 Å². The lowest BCUT2D eigenvalue weighted by Crippen LogP contribution is -1.86. The van der Waals surface area contributed by atoms with Crippen LogP contribution in [-0.4, -0.2) is 0 Å². The van der Waals surface area contributed by atoms with Crippen LogP contribution in [-0.2, 0) is 6.42 Å². The Balaban J connectivity index is 1.72. The summed E-state index contributed by atoms with van der Waals surface area (Å²) in [6.45, 7) is 9.27. The van der Waals surface area contributed by atoms with Gasteiger partial charge in [-0.25, -0.2) is 4.85 Å². The van der Waals surface area contributed by atoms with E-state index in [0.29, 0.717) is 5.69 Å². The monoisotopic (exact) mass is 325 g/mol. The standard InChI is InChI=1S/C24H23N/c1-3-4-5-6-19-7-9-20(10-8-19)21-11-13-22(14-12-21)23-15-17-24(25-2)18-16-23/h7-18H,3-6H2,1H3. The topological polar surface area (TPSA) is 4.36 Å². The van der Waals surface area contributed by atoms with Crippen molar-refractivity contribution in [2.45, 2.75) is 32.6 Å². The predicted molar refractivity (Wildman–Crippen MR) is 107 cm³/mol. The molecule has 0 aliphatic rings. The molecule has 1 nitrogen and oxygen atoms in total. The van der Waals surface area contributed by atoms with Crippen molar-refractivity contribution < 1.29 is 0 Å². The van der Waals surface area contributed by atoms with Gasteiger partial charge in [-0.2, -0.15) is 0 Å². The molecule has 0 bridgehead atoms. The van der Waals surface area contributed by atoms with Gasteiger partial charge in [0.1, 0.15) is 0 Å². The zero-order chi connectivity index (χ0) is 17.5. The first-order chi connectivity index (χ1) is 12.3. The van der Waals surface area contributed by atoms with E-state index in [4.69, 9.17) is 6.57 Å². The number of hydrogen-bond acceptors (Lipinski definition) is 0. The highest BCUT2D eigenvalue weighted by molar-refractivity contribution is 5.71. The molecule has 0 aromatic heterocycles. The average Bonchev–Trinajstić information content (AvgIpc) is 2.69. The molecule has 0 N–H and O–H groups in total. The molecule has 0 heterocycles. The lowest BCUT2D eigenvalue weighted by atomic mass is 9.98. The van der Waals surface area contributed by atoms with Gasteiger partial charge in [-0.1, -0.05) is 92.6 Å². The molecule has 0 saturated carbocycles. The highest BCUT2D eigenvalue weighted by atomic mass is 14.6. The van der Waals surface area contributed by atoms with Gasteiger partial charge < -0.3 is 0 Å². The normalized spacial score (nSPS) is 10.4. The summed E-state index contributed by atoms with van der Waals surface area (Å²) in [6, 6.07) is 25.3. The summed E-state index contributed by atoms with van der Waals surface area (Å²) in [4.78, 5) is 3.44. The van der Waals surface area contributed by atoms with Gasteiger partial charge in [0.2, 0.25) is 0 Å². The van der Waals surface area contributed by atoms with Crippen LogP contribution >= 0.6 is 0 Å². The predicted octanol–water partition coefficient (Wildman–Crippen LogP) is 7.30. The van der Waals surface area contributed by atoms with Gasteiger partial charge in [0.25, 0.3) is 0 Å². The van der Waals surface area contributed by atoms with Crippen LogP contribution in [0, 0.1) is 6.57 Å². The van der Waals surface area contributed by atoms with Gasteiger partial charge in [-0.3, -0.25) is 0 Å². The van der Waals surface area contributed by atoms with Crippen molar-refractivity contribution in [2.24, 2.45) is 0 Å².